The highest BCUT2D eigenvalue weighted by atomic mass is 19.4. The molecular weight excluding hydrogens is 343 g/mol. The average molecular weight is 361 g/mol. The Morgan fingerprint density at radius 3 is 2.65 bits per heavy atom. The van der Waals surface area contributed by atoms with Crippen molar-refractivity contribution in [2.45, 2.75) is 25.6 Å². The van der Waals surface area contributed by atoms with Crippen molar-refractivity contribution in [2.75, 3.05) is 5.32 Å². The summed E-state index contributed by atoms with van der Waals surface area (Å²) in [6, 6.07) is 10.6. The number of nitrogens with one attached hydrogen (secondary N) is 2. The molecule has 1 amide bonds. The summed E-state index contributed by atoms with van der Waals surface area (Å²) in [5.41, 5.74) is 7.68. The van der Waals surface area contributed by atoms with Crippen LogP contribution in [0.25, 0.3) is 10.9 Å². The SMILES string of the molecule is CCc1cc2cc(NC(=O)C(N)c3cccc(C(F)(F)F)c3)ccc2[nH]1. The fourth-order valence-electron chi connectivity index (χ4n) is 2.74. The van der Waals surface area contributed by atoms with E-state index in [4.69, 9.17) is 5.73 Å². The van der Waals surface area contributed by atoms with Crippen molar-refractivity contribution in [3.8, 4) is 0 Å². The van der Waals surface area contributed by atoms with E-state index in [1.54, 1.807) is 12.1 Å². The van der Waals surface area contributed by atoms with Gasteiger partial charge in [0.2, 0.25) is 5.91 Å². The molecule has 0 saturated carbocycles. The van der Waals surface area contributed by atoms with Crippen LogP contribution in [0.3, 0.4) is 0 Å². The molecule has 0 bridgehead atoms. The summed E-state index contributed by atoms with van der Waals surface area (Å²) in [6.07, 6.45) is -3.63. The van der Waals surface area contributed by atoms with E-state index in [1.807, 2.05) is 19.1 Å². The monoisotopic (exact) mass is 361 g/mol. The molecule has 2 aromatic carbocycles. The number of carbonyl (C=O) groups is 1. The molecule has 0 aliphatic rings. The van der Waals surface area contributed by atoms with Crippen LogP contribution < -0.4 is 11.1 Å². The normalized spacial score (nSPS) is 13.0. The van der Waals surface area contributed by atoms with Gasteiger partial charge in [-0.15, -0.1) is 0 Å². The molecule has 0 aliphatic carbocycles. The van der Waals surface area contributed by atoms with E-state index in [9.17, 15) is 18.0 Å². The molecule has 7 heteroatoms. The second kappa shape index (κ2) is 6.84. The lowest BCUT2D eigenvalue weighted by atomic mass is 10.0. The molecular formula is C19H18F3N3O. The summed E-state index contributed by atoms with van der Waals surface area (Å²) in [7, 11) is 0. The van der Waals surface area contributed by atoms with Crippen molar-refractivity contribution in [1.82, 2.24) is 4.98 Å². The van der Waals surface area contributed by atoms with Crippen LogP contribution in [-0.2, 0) is 17.4 Å². The quantitative estimate of drug-likeness (QED) is 0.645. The number of rotatable bonds is 4. The van der Waals surface area contributed by atoms with Gasteiger partial charge in [-0.2, -0.15) is 13.2 Å². The van der Waals surface area contributed by atoms with Crippen molar-refractivity contribution in [3.05, 3.63) is 65.4 Å². The first-order valence-corrected chi connectivity index (χ1v) is 8.13. The van der Waals surface area contributed by atoms with E-state index in [1.165, 1.54) is 12.1 Å². The largest absolute Gasteiger partial charge is 0.416 e. The smallest absolute Gasteiger partial charge is 0.358 e. The Kier molecular flexibility index (Phi) is 4.73. The molecule has 4 nitrogen and oxygen atoms in total. The van der Waals surface area contributed by atoms with Crippen LogP contribution in [-0.4, -0.2) is 10.9 Å². The van der Waals surface area contributed by atoms with Crippen molar-refractivity contribution in [1.29, 1.82) is 0 Å². The third kappa shape index (κ3) is 3.72. The molecule has 1 atom stereocenters. The molecule has 1 aromatic heterocycles. The van der Waals surface area contributed by atoms with Crippen molar-refractivity contribution >= 4 is 22.5 Å². The molecule has 3 rings (SSSR count). The Hall–Kier alpha value is -2.80. The second-order valence-corrected chi connectivity index (χ2v) is 6.04. The van der Waals surface area contributed by atoms with E-state index in [0.717, 1.165) is 35.2 Å². The highest BCUT2D eigenvalue weighted by molar-refractivity contribution is 5.97. The van der Waals surface area contributed by atoms with Crippen molar-refractivity contribution in [3.63, 3.8) is 0 Å². The zero-order chi connectivity index (χ0) is 18.9. The summed E-state index contributed by atoms with van der Waals surface area (Å²) < 4.78 is 38.4. The van der Waals surface area contributed by atoms with Gasteiger partial charge in [-0.05, 0) is 48.4 Å². The second-order valence-electron chi connectivity index (χ2n) is 6.04. The van der Waals surface area contributed by atoms with E-state index in [2.05, 4.69) is 10.3 Å². The van der Waals surface area contributed by atoms with Gasteiger partial charge in [-0.25, -0.2) is 0 Å². The number of fused-ring (bicyclic) bond motifs is 1. The number of alkyl halides is 3. The van der Waals surface area contributed by atoms with E-state index >= 15 is 0 Å². The Labute approximate surface area is 148 Å². The number of hydrogen-bond acceptors (Lipinski definition) is 2. The fraction of sp³-hybridized carbons (Fsp3) is 0.211. The maximum atomic E-state index is 12.8. The molecule has 1 heterocycles. The number of H-pyrrole nitrogens is 1. The lowest BCUT2D eigenvalue weighted by molar-refractivity contribution is -0.137. The minimum Gasteiger partial charge on any atom is -0.358 e. The Bertz CT molecular complexity index is 947. The fourth-order valence-corrected chi connectivity index (χ4v) is 2.74. The lowest BCUT2D eigenvalue weighted by Crippen LogP contribution is -2.28. The molecule has 136 valence electrons. The topological polar surface area (TPSA) is 70.9 Å². The molecule has 4 N–H and O–H groups in total. The minimum atomic E-state index is -4.48. The predicted molar refractivity (Wildman–Crippen MR) is 94.7 cm³/mol. The summed E-state index contributed by atoms with van der Waals surface area (Å²) in [6.45, 7) is 2.03. The molecule has 1 unspecified atom stereocenters. The predicted octanol–water partition coefficient (Wildman–Crippen LogP) is 4.39. The standard InChI is InChI=1S/C19H18F3N3O/c1-2-14-9-12-10-15(6-7-16(12)24-14)25-18(26)17(23)11-4-3-5-13(8-11)19(20,21)22/h3-10,17,24H,2,23H2,1H3,(H,25,26). The average Bonchev–Trinajstić information content (AvgIpc) is 3.03. The van der Waals surface area contributed by atoms with Gasteiger partial charge in [-0.3, -0.25) is 4.79 Å². The third-order valence-electron chi connectivity index (χ3n) is 4.18. The van der Waals surface area contributed by atoms with Gasteiger partial charge < -0.3 is 16.0 Å². The summed E-state index contributed by atoms with van der Waals surface area (Å²) in [4.78, 5) is 15.6. The molecule has 3 aromatic rings. The van der Waals surface area contributed by atoms with Crippen molar-refractivity contribution in [2.24, 2.45) is 5.73 Å². The maximum Gasteiger partial charge on any atom is 0.416 e. The number of anilines is 1. The van der Waals surface area contributed by atoms with Crippen LogP contribution in [0.1, 0.15) is 29.8 Å². The van der Waals surface area contributed by atoms with E-state index in [0.29, 0.717) is 5.69 Å². The summed E-state index contributed by atoms with van der Waals surface area (Å²) in [5, 5.41) is 3.60. The van der Waals surface area contributed by atoms with Gasteiger partial charge in [0.25, 0.3) is 0 Å². The molecule has 0 radical (unpaired) electrons. The van der Waals surface area contributed by atoms with Gasteiger partial charge >= 0.3 is 6.18 Å². The highest BCUT2D eigenvalue weighted by Crippen LogP contribution is 2.30. The molecule has 0 fully saturated rings. The van der Waals surface area contributed by atoms with Crippen LogP contribution in [0.4, 0.5) is 18.9 Å². The van der Waals surface area contributed by atoms with Gasteiger partial charge in [-0.1, -0.05) is 19.1 Å². The van der Waals surface area contributed by atoms with E-state index in [-0.39, 0.29) is 5.56 Å². The first kappa shape index (κ1) is 18.0. The molecule has 0 saturated heterocycles. The Balaban J connectivity index is 1.79. The maximum absolute atomic E-state index is 12.8. The first-order chi connectivity index (χ1) is 12.3. The highest BCUT2D eigenvalue weighted by Gasteiger charge is 2.31. The molecule has 26 heavy (non-hydrogen) atoms. The minimum absolute atomic E-state index is 0.105. The number of aromatic amines is 1. The van der Waals surface area contributed by atoms with Crippen LogP contribution in [0, 0.1) is 0 Å². The van der Waals surface area contributed by atoms with Crippen LogP contribution >= 0.6 is 0 Å². The van der Waals surface area contributed by atoms with Gasteiger partial charge in [0.15, 0.2) is 0 Å². The summed E-state index contributed by atoms with van der Waals surface area (Å²) >= 11 is 0. The van der Waals surface area contributed by atoms with Gasteiger partial charge in [0, 0.05) is 22.3 Å². The Morgan fingerprint density at radius 1 is 1.19 bits per heavy atom. The zero-order valence-electron chi connectivity index (χ0n) is 14.0. The number of aromatic nitrogens is 1. The number of hydrogen-bond donors (Lipinski definition) is 3. The van der Waals surface area contributed by atoms with Crippen LogP contribution in [0.5, 0.6) is 0 Å². The number of aryl methyl sites for hydroxylation is 1. The van der Waals surface area contributed by atoms with E-state index < -0.39 is 23.7 Å². The zero-order valence-corrected chi connectivity index (χ0v) is 14.0. The number of carbonyl (C=O) groups excluding carboxylic acids is 1. The molecule has 0 spiro atoms. The third-order valence-corrected chi connectivity index (χ3v) is 4.18. The van der Waals surface area contributed by atoms with Crippen molar-refractivity contribution < 1.29 is 18.0 Å². The summed E-state index contributed by atoms with van der Waals surface area (Å²) in [5.74, 6) is -0.574. The first-order valence-electron chi connectivity index (χ1n) is 8.13. The van der Waals surface area contributed by atoms with Crippen LogP contribution in [0.15, 0.2) is 48.5 Å². The van der Waals surface area contributed by atoms with Gasteiger partial charge in [0.1, 0.15) is 6.04 Å². The number of benzene rings is 2. The van der Waals surface area contributed by atoms with Gasteiger partial charge in [0.05, 0.1) is 5.56 Å². The number of amides is 1. The number of halogens is 3. The lowest BCUT2D eigenvalue weighted by Gasteiger charge is -2.15. The van der Waals surface area contributed by atoms with Crippen LogP contribution in [0.2, 0.25) is 0 Å². The Morgan fingerprint density at radius 2 is 1.96 bits per heavy atom. The number of nitrogens with two attached hydrogens (primary N) is 1. The molecule has 0 aliphatic heterocycles.